The number of nitrogens with zero attached hydrogens (tertiary/aromatic N) is 4. The maximum Gasteiger partial charge on any atom is 0.162 e. The Labute approximate surface area is 322 Å². The molecule has 1 aliphatic rings. The fourth-order valence-corrected chi connectivity index (χ4v) is 8.79. The number of hydrogen-bond acceptors (Lipinski definition) is 3. The van der Waals surface area contributed by atoms with Crippen molar-refractivity contribution >= 4 is 60.8 Å². The number of para-hydroxylation sites is 2. The van der Waals surface area contributed by atoms with Crippen LogP contribution in [-0.2, 0) is 6.42 Å². The van der Waals surface area contributed by atoms with Gasteiger partial charge in [-0.25, -0.2) is 9.97 Å². The van der Waals surface area contributed by atoms with Crippen molar-refractivity contribution in [2.75, 3.05) is 0 Å². The molecule has 12 rings (SSSR count). The van der Waals surface area contributed by atoms with Gasteiger partial charge in [0.15, 0.2) is 5.82 Å². The molecule has 0 N–H and O–H groups in total. The van der Waals surface area contributed by atoms with Gasteiger partial charge in [-0.3, -0.25) is 4.57 Å². The average Bonchev–Trinajstić information content (AvgIpc) is 4.03. The van der Waals surface area contributed by atoms with Crippen molar-refractivity contribution in [2.45, 2.75) is 6.42 Å². The normalized spacial score (nSPS) is 12.5. The zero-order valence-corrected chi connectivity index (χ0v) is 30.2. The first kappa shape index (κ1) is 30.9. The Bertz CT molecular complexity index is 3370. The van der Waals surface area contributed by atoms with E-state index in [1.54, 1.807) is 0 Å². The molecule has 0 bridgehead atoms. The first-order chi connectivity index (χ1) is 27.8. The lowest BCUT2D eigenvalue weighted by Crippen LogP contribution is -1.99. The number of hydrogen-bond donors (Lipinski definition) is 0. The average molecular weight is 717 g/mol. The highest BCUT2D eigenvalue weighted by molar-refractivity contribution is 6.16. The van der Waals surface area contributed by atoms with E-state index in [0.29, 0.717) is 5.82 Å². The maximum atomic E-state index is 6.39. The fraction of sp³-hybridized carbons (Fsp3) is 0.0196. The summed E-state index contributed by atoms with van der Waals surface area (Å²) in [7, 11) is 0. The molecule has 0 unspecified atom stereocenters. The summed E-state index contributed by atoms with van der Waals surface area (Å²) in [6, 6.07) is 60.2. The minimum absolute atomic E-state index is 0.698. The van der Waals surface area contributed by atoms with E-state index < -0.39 is 0 Å². The molecule has 0 atom stereocenters. The van der Waals surface area contributed by atoms with E-state index in [0.717, 1.165) is 84.5 Å². The van der Waals surface area contributed by atoms with Crippen LogP contribution in [0.1, 0.15) is 11.3 Å². The van der Waals surface area contributed by atoms with E-state index in [1.165, 1.54) is 27.2 Å². The Morgan fingerprint density at radius 3 is 2.00 bits per heavy atom. The van der Waals surface area contributed by atoms with Gasteiger partial charge in [0.05, 0.1) is 27.6 Å². The number of allylic oxidation sites excluding steroid dienone is 1. The maximum absolute atomic E-state index is 6.39. The summed E-state index contributed by atoms with van der Waals surface area (Å²) in [4.78, 5) is 10.6. The largest absolute Gasteiger partial charge is 0.460 e. The number of furan rings is 1. The van der Waals surface area contributed by atoms with Crippen molar-refractivity contribution in [1.29, 1.82) is 0 Å². The van der Waals surface area contributed by atoms with E-state index >= 15 is 0 Å². The van der Waals surface area contributed by atoms with Gasteiger partial charge in [0, 0.05) is 62.1 Å². The molecule has 4 heterocycles. The van der Waals surface area contributed by atoms with Crippen LogP contribution in [0, 0.1) is 0 Å². The quantitative estimate of drug-likeness (QED) is 0.178. The molecule has 0 aliphatic heterocycles. The van der Waals surface area contributed by atoms with E-state index in [2.05, 4.69) is 173 Å². The predicted molar refractivity (Wildman–Crippen MR) is 230 cm³/mol. The van der Waals surface area contributed by atoms with Crippen LogP contribution in [0.25, 0.3) is 106 Å². The van der Waals surface area contributed by atoms with Crippen LogP contribution in [0.3, 0.4) is 0 Å². The lowest BCUT2D eigenvalue weighted by atomic mass is 10.0. The van der Waals surface area contributed by atoms with Crippen LogP contribution in [0.2, 0.25) is 0 Å². The molecule has 1 aliphatic carbocycles. The third-order valence-corrected chi connectivity index (χ3v) is 11.3. The second-order valence-corrected chi connectivity index (χ2v) is 14.5. The van der Waals surface area contributed by atoms with Crippen LogP contribution in [0.5, 0.6) is 0 Å². The topological polar surface area (TPSA) is 48.8 Å². The highest BCUT2D eigenvalue weighted by Crippen LogP contribution is 2.42. The van der Waals surface area contributed by atoms with Crippen molar-refractivity contribution in [2.24, 2.45) is 0 Å². The van der Waals surface area contributed by atoms with Gasteiger partial charge in [0.2, 0.25) is 0 Å². The molecule has 0 amide bonds. The van der Waals surface area contributed by atoms with Crippen LogP contribution >= 0.6 is 0 Å². The third-order valence-electron chi connectivity index (χ3n) is 11.3. The summed E-state index contributed by atoms with van der Waals surface area (Å²) in [6.07, 6.45) is 5.22. The van der Waals surface area contributed by atoms with E-state index in [9.17, 15) is 0 Å². The molecular weight excluding hydrogens is 685 g/mol. The van der Waals surface area contributed by atoms with E-state index in [1.807, 2.05) is 18.2 Å². The molecule has 0 spiro atoms. The Morgan fingerprint density at radius 2 is 1.16 bits per heavy atom. The van der Waals surface area contributed by atoms with Crippen LogP contribution in [0.15, 0.2) is 180 Å². The summed E-state index contributed by atoms with van der Waals surface area (Å²) < 4.78 is 11.1. The predicted octanol–water partition coefficient (Wildman–Crippen LogP) is 13.0. The van der Waals surface area contributed by atoms with Crippen LogP contribution < -0.4 is 0 Å². The van der Waals surface area contributed by atoms with Crippen molar-refractivity contribution in [3.63, 3.8) is 0 Å². The van der Waals surface area contributed by atoms with Gasteiger partial charge < -0.3 is 8.98 Å². The van der Waals surface area contributed by atoms with Gasteiger partial charge in [-0.15, -0.1) is 0 Å². The van der Waals surface area contributed by atoms with Crippen molar-refractivity contribution in [1.82, 2.24) is 19.1 Å². The minimum Gasteiger partial charge on any atom is -0.460 e. The Morgan fingerprint density at radius 1 is 0.464 bits per heavy atom. The van der Waals surface area contributed by atoms with Gasteiger partial charge in [-0.05, 0) is 59.7 Å². The van der Waals surface area contributed by atoms with Crippen LogP contribution in [-0.4, -0.2) is 19.1 Å². The monoisotopic (exact) mass is 716 g/mol. The van der Waals surface area contributed by atoms with Gasteiger partial charge >= 0.3 is 0 Å². The lowest BCUT2D eigenvalue weighted by molar-refractivity contribution is 0.567. The number of aromatic nitrogens is 4. The van der Waals surface area contributed by atoms with Gasteiger partial charge in [0.1, 0.15) is 17.0 Å². The molecule has 0 radical (unpaired) electrons. The van der Waals surface area contributed by atoms with Gasteiger partial charge in [-0.2, -0.15) is 0 Å². The molecule has 7 aromatic carbocycles. The van der Waals surface area contributed by atoms with Crippen molar-refractivity contribution in [3.05, 3.63) is 187 Å². The molecule has 262 valence electrons. The number of fused-ring (bicyclic) bond motifs is 9. The van der Waals surface area contributed by atoms with E-state index in [-0.39, 0.29) is 0 Å². The third kappa shape index (κ3) is 4.61. The lowest BCUT2D eigenvalue weighted by Gasteiger charge is -2.11. The zero-order valence-electron chi connectivity index (χ0n) is 30.2. The summed E-state index contributed by atoms with van der Waals surface area (Å²) >= 11 is 0. The zero-order chi connectivity index (χ0) is 36.7. The highest BCUT2D eigenvalue weighted by atomic mass is 16.3. The van der Waals surface area contributed by atoms with Crippen LogP contribution in [0.4, 0.5) is 0 Å². The number of rotatable bonds is 5. The Hall–Kier alpha value is -7.50. The molecule has 0 saturated heterocycles. The molecular formula is C51H32N4O. The summed E-state index contributed by atoms with van der Waals surface area (Å²) in [5.74, 6) is 1.75. The first-order valence-electron chi connectivity index (χ1n) is 19.1. The minimum atomic E-state index is 0.698. The smallest absolute Gasteiger partial charge is 0.162 e. The highest BCUT2D eigenvalue weighted by Gasteiger charge is 2.23. The molecule has 5 heteroatoms. The standard InChI is InChI=1S/C51H32N4O/c1-4-14-32(15-5-1)49-48-42-29-35(26-27-44(42)55(36-19-8-3-9-20-36)51(48)53-50(52-49)33-16-6-2-7-17-33)34-18-12-21-37(28-34)54-43-24-11-10-22-38(43)40-30-41-39-23-13-25-46(39)56-47(41)31-45(40)54/h1-24,26-31H,25H2. The van der Waals surface area contributed by atoms with Crippen molar-refractivity contribution in [3.8, 4) is 45.1 Å². The second kappa shape index (κ2) is 12.0. The summed E-state index contributed by atoms with van der Waals surface area (Å²) in [6.45, 7) is 0. The Balaban J connectivity index is 1.10. The molecule has 56 heavy (non-hydrogen) atoms. The summed E-state index contributed by atoms with van der Waals surface area (Å²) in [5, 5.41) is 5.75. The molecule has 0 saturated carbocycles. The van der Waals surface area contributed by atoms with Gasteiger partial charge in [0.25, 0.3) is 0 Å². The molecule has 5 nitrogen and oxygen atoms in total. The van der Waals surface area contributed by atoms with Gasteiger partial charge in [-0.1, -0.05) is 127 Å². The molecule has 11 aromatic rings. The first-order valence-corrected chi connectivity index (χ1v) is 19.1. The second-order valence-electron chi connectivity index (χ2n) is 14.5. The van der Waals surface area contributed by atoms with Crippen molar-refractivity contribution < 1.29 is 4.42 Å². The fourth-order valence-electron chi connectivity index (χ4n) is 8.79. The Kier molecular flexibility index (Phi) is 6.63. The van der Waals surface area contributed by atoms with E-state index in [4.69, 9.17) is 14.4 Å². The SMILES string of the molecule is C1=Cc2c(oc3cc4c(cc23)c2ccccc2n4-c2cccc(-c3ccc4c(c3)c3c(-c5ccccc5)nc(-c5ccccc5)nc3n4-c3ccccc3)c2)C1. The molecule has 4 aromatic heterocycles. The molecule has 0 fully saturated rings. The summed E-state index contributed by atoms with van der Waals surface area (Å²) in [5.41, 5.74) is 13.7. The number of benzene rings is 7.